The minimum atomic E-state index is -3.66. The molecule has 0 spiro atoms. The molecule has 0 aromatic heterocycles. The fourth-order valence-electron chi connectivity index (χ4n) is 4.51. The molecule has 1 aliphatic rings. The van der Waals surface area contributed by atoms with E-state index in [4.69, 9.17) is 4.74 Å². The summed E-state index contributed by atoms with van der Waals surface area (Å²) in [4.78, 5) is 31.4. The van der Waals surface area contributed by atoms with E-state index in [9.17, 15) is 23.1 Å². The van der Waals surface area contributed by atoms with Crippen LogP contribution in [-0.2, 0) is 21.4 Å². The Morgan fingerprint density at radius 3 is 2.29 bits per heavy atom. The highest BCUT2D eigenvalue weighted by molar-refractivity contribution is 7.89. The summed E-state index contributed by atoms with van der Waals surface area (Å²) in [5, 5.41) is 9.29. The lowest BCUT2D eigenvalue weighted by Gasteiger charge is -2.21. The summed E-state index contributed by atoms with van der Waals surface area (Å²) >= 11 is 0. The molecule has 10 nitrogen and oxygen atoms in total. The zero-order valence-electron chi connectivity index (χ0n) is 22.6. The number of hydrogen-bond acceptors (Lipinski definition) is 6. The van der Waals surface area contributed by atoms with Crippen LogP contribution in [0.25, 0.3) is 0 Å². The Bertz CT molecular complexity index is 1280. The highest BCUT2D eigenvalue weighted by atomic mass is 32.2. The quantitative estimate of drug-likeness (QED) is 0.433. The molecule has 0 bridgehead atoms. The maximum atomic E-state index is 13.1. The molecule has 0 saturated carbocycles. The van der Waals surface area contributed by atoms with Crippen molar-refractivity contribution in [1.82, 2.24) is 14.1 Å². The van der Waals surface area contributed by atoms with Gasteiger partial charge in [-0.25, -0.2) is 17.5 Å². The Balaban J connectivity index is 1.48. The van der Waals surface area contributed by atoms with Gasteiger partial charge in [-0.3, -0.25) is 14.7 Å². The second kappa shape index (κ2) is 12.4. The summed E-state index contributed by atoms with van der Waals surface area (Å²) in [7, 11) is 1.17. The average Bonchev–Trinajstić information content (AvgIpc) is 3.36. The van der Waals surface area contributed by atoms with E-state index in [0.29, 0.717) is 73.0 Å². The van der Waals surface area contributed by atoms with E-state index in [2.05, 4.69) is 4.99 Å². The molecule has 1 N–H and O–H groups in total. The lowest BCUT2D eigenvalue weighted by Crippen LogP contribution is -2.33. The number of amides is 2. The van der Waals surface area contributed by atoms with Crippen LogP contribution >= 0.6 is 0 Å². The standard InChI is InChI=1S/C27H36N4O6S/c1-19-16-23(37-5)17-20(2)25(19)38(35,36)30(4)14-7-6-8-24(32)29(3)18-21-9-11-22(12-10-21)26-28-13-15-31(26)27(33)34/h9-12,16-17H,6-8,13-15,18H2,1-5H3,(H,33,34). The fourth-order valence-corrected chi connectivity index (χ4v) is 6.13. The van der Waals surface area contributed by atoms with Crippen LogP contribution in [0.15, 0.2) is 46.3 Å². The number of unbranched alkanes of at least 4 members (excludes halogenated alkanes) is 1. The Kier molecular flexibility index (Phi) is 9.50. The minimum absolute atomic E-state index is 0.0290. The van der Waals surface area contributed by atoms with Gasteiger partial charge in [0.25, 0.3) is 0 Å². The number of nitrogens with zero attached hydrogens (tertiary/aromatic N) is 4. The first kappa shape index (κ1) is 29.1. The molecule has 3 rings (SSSR count). The zero-order valence-corrected chi connectivity index (χ0v) is 23.4. The monoisotopic (exact) mass is 544 g/mol. The van der Waals surface area contributed by atoms with Gasteiger partial charge in [0.1, 0.15) is 11.6 Å². The topological polar surface area (TPSA) is 120 Å². The molecule has 2 amide bonds. The van der Waals surface area contributed by atoms with Crippen molar-refractivity contribution >= 4 is 27.9 Å². The molecule has 0 saturated heterocycles. The molecule has 0 radical (unpaired) electrons. The second-order valence-electron chi connectivity index (χ2n) is 9.46. The summed E-state index contributed by atoms with van der Waals surface area (Å²) in [6.07, 6.45) is 0.409. The molecule has 2 aromatic carbocycles. The Labute approximate surface area is 224 Å². The number of aliphatic imine (C=N–C) groups is 1. The maximum absolute atomic E-state index is 13.1. The summed E-state index contributed by atoms with van der Waals surface area (Å²) < 4.78 is 32.9. The highest BCUT2D eigenvalue weighted by Crippen LogP contribution is 2.28. The molecule has 2 aromatic rings. The number of carbonyl (C=O) groups is 2. The first-order valence-electron chi connectivity index (χ1n) is 12.5. The molecular formula is C27H36N4O6S. The third-order valence-electron chi connectivity index (χ3n) is 6.58. The van der Waals surface area contributed by atoms with Crippen LogP contribution in [0.2, 0.25) is 0 Å². The summed E-state index contributed by atoms with van der Waals surface area (Å²) in [6.45, 7) is 5.04. The van der Waals surface area contributed by atoms with Crippen molar-refractivity contribution in [3.05, 3.63) is 58.7 Å². The molecule has 1 heterocycles. The molecular weight excluding hydrogens is 508 g/mol. The van der Waals surface area contributed by atoms with Gasteiger partial charge in [0, 0.05) is 39.2 Å². The molecule has 1 aliphatic heterocycles. The number of ether oxygens (including phenoxy) is 1. The van der Waals surface area contributed by atoms with Crippen molar-refractivity contribution in [2.75, 3.05) is 40.8 Å². The van der Waals surface area contributed by atoms with Crippen LogP contribution in [0.4, 0.5) is 4.79 Å². The average molecular weight is 545 g/mol. The van der Waals surface area contributed by atoms with Crippen molar-refractivity contribution in [1.29, 1.82) is 0 Å². The van der Waals surface area contributed by atoms with Crippen molar-refractivity contribution in [2.24, 2.45) is 4.99 Å². The Hall–Kier alpha value is -3.44. The van der Waals surface area contributed by atoms with E-state index in [-0.39, 0.29) is 5.91 Å². The van der Waals surface area contributed by atoms with Gasteiger partial charge in [-0.15, -0.1) is 0 Å². The molecule has 0 aliphatic carbocycles. The zero-order chi connectivity index (χ0) is 28.0. The number of rotatable bonds is 11. The van der Waals surface area contributed by atoms with Crippen LogP contribution in [0, 0.1) is 13.8 Å². The van der Waals surface area contributed by atoms with Gasteiger partial charge in [0.05, 0.1) is 25.1 Å². The van der Waals surface area contributed by atoms with E-state index < -0.39 is 16.1 Å². The van der Waals surface area contributed by atoms with Crippen LogP contribution in [0.3, 0.4) is 0 Å². The van der Waals surface area contributed by atoms with Crippen LogP contribution in [-0.4, -0.2) is 86.3 Å². The van der Waals surface area contributed by atoms with Gasteiger partial charge in [-0.1, -0.05) is 24.3 Å². The third kappa shape index (κ3) is 6.70. The third-order valence-corrected chi connectivity index (χ3v) is 8.74. The summed E-state index contributed by atoms with van der Waals surface area (Å²) in [5.41, 5.74) is 2.91. The van der Waals surface area contributed by atoms with E-state index >= 15 is 0 Å². The second-order valence-corrected chi connectivity index (χ2v) is 11.4. The number of hydrogen-bond donors (Lipinski definition) is 1. The highest BCUT2D eigenvalue weighted by Gasteiger charge is 2.26. The van der Waals surface area contributed by atoms with Gasteiger partial charge in [-0.05, 0) is 55.5 Å². The molecule has 11 heteroatoms. The predicted molar refractivity (Wildman–Crippen MR) is 145 cm³/mol. The predicted octanol–water partition coefficient (Wildman–Crippen LogP) is 3.50. The first-order chi connectivity index (χ1) is 17.9. The van der Waals surface area contributed by atoms with E-state index in [1.54, 1.807) is 52.1 Å². The van der Waals surface area contributed by atoms with Gasteiger partial charge in [-0.2, -0.15) is 0 Å². The number of carboxylic acid groups (broad SMARTS) is 1. The number of amidine groups is 1. The van der Waals surface area contributed by atoms with Gasteiger partial charge in [0.15, 0.2) is 0 Å². The summed E-state index contributed by atoms with van der Waals surface area (Å²) in [5.74, 6) is 1.03. The number of carbonyl (C=O) groups excluding carboxylic acids is 1. The van der Waals surface area contributed by atoms with Crippen LogP contribution in [0.1, 0.15) is 41.5 Å². The Morgan fingerprint density at radius 1 is 1.08 bits per heavy atom. The number of aryl methyl sites for hydroxylation is 2. The van der Waals surface area contributed by atoms with Gasteiger partial charge < -0.3 is 14.7 Å². The van der Waals surface area contributed by atoms with Crippen molar-refractivity contribution in [3.63, 3.8) is 0 Å². The van der Waals surface area contributed by atoms with Gasteiger partial charge >= 0.3 is 6.09 Å². The number of sulfonamides is 1. The molecule has 38 heavy (non-hydrogen) atoms. The van der Waals surface area contributed by atoms with E-state index in [1.165, 1.54) is 9.21 Å². The lowest BCUT2D eigenvalue weighted by molar-refractivity contribution is -0.130. The fraction of sp³-hybridized carbons (Fsp3) is 0.444. The molecule has 0 unspecified atom stereocenters. The molecule has 0 fully saturated rings. The molecule has 206 valence electrons. The smallest absolute Gasteiger partial charge is 0.413 e. The van der Waals surface area contributed by atoms with E-state index in [0.717, 1.165) is 11.1 Å². The van der Waals surface area contributed by atoms with Gasteiger partial charge in [0.2, 0.25) is 15.9 Å². The normalized spacial score (nSPS) is 13.5. The van der Waals surface area contributed by atoms with Crippen molar-refractivity contribution < 1.29 is 27.9 Å². The van der Waals surface area contributed by atoms with E-state index in [1.807, 2.05) is 24.3 Å². The van der Waals surface area contributed by atoms with Crippen molar-refractivity contribution in [2.45, 2.75) is 44.6 Å². The van der Waals surface area contributed by atoms with Crippen LogP contribution < -0.4 is 4.74 Å². The SMILES string of the molecule is COc1cc(C)c(S(=O)(=O)N(C)CCCCC(=O)N(C)Cc2ccc(C3=NCCN3C(=O)O)cc2)c(C)c1. The molecule has 0 atom stereocenters. The minimum Gasteiger partial charge on any atom is -0.497 e. The van der Waals surface area contributed by atoms with Crippen molar-refractivity contribution in [3.8, 4) is 5.75 Å². The maximum Gasteiger partial charge on any atom is 0.413 e. The largest absolute Gasteiger partial charge is 0.497 e. The number of methoxy groups -OCH3 is 1. The van der Waals surface area contributed by atoms with Crippen LogP contribution in [0.5, 0.6) is 5.75 Å². The number of benzene rings is 2. The first-order valence-corrected chi connectivity index (χ1v) is 13.9. The summed E-state index contributed by atoms with van der Waals surface area (Å²) in [6, 6.07) is 10.8. The lowest BCUT2D eigenvalue weighted by atomic mass is 10.1. The Morgan fingerprint density at radius 2 is 1.71 bits per heavy atom.